The van der Waals surface area contributed by atoms with Gasteiger partial charge in [-0.15, -0.1) is 0 Å². The summed E-state index contributed by atoms with van der Waals surface area (Å²) in [6, 6.07) is 1.24. The third-order valence-electron chi connectivity index (χ3n) is 3.17. The summed E-state index contributed by atoms with van der Waals surface area (Å²) >= 11 is 0. The summed E-state index contributed by atoms with van der Waals surface area (Å²) in [5, 5.41) is 0. The molecule has 6 nitrogen and oxygen atoms in total. The predicted octanol–water partition coefficient (Wildman–Crippen LogP) is 4.16. The number of aryl methyl sites for hydroxylation is 1. The molecule has 1 rings (SSSR count). The van der Waals surface area contributed by atoms with Crippen molar-refractivity contribution < 1.29 is 39.7 Å². The van der Waals surface area contributed by atoms with E-state index in [0.717, 1.165) is 12.5 Å². The van der Waals surface area contributed by atoms with Crippen molar-refractivity contribution in [2.75, 3.05) is 7.11 Å². The Morgan fingerprint density at radius 1 is 1.32 bits per heavy atom. The molecule has 0 aliphatic rings. The Labute approximate surface area is 143 Å². The summed E-state index contributed by atoms with van der Waals surface area (Å²) in [6.07, 6.45) is 2.89. The van der Waals surface area contributed by atoms with Crippen molar-refractivity contribution in [1.29, 1.82) is 0 Å². The van der Waals surface area contributed by atoms with E-state index in [1.54, 1.807) is 0 Å². The molecule has 0 fully saturated rings. The molecule has 25 heavy (non-hydrogen) atoms. The largest absolute Gasteiger partial charge is 0.534 e. The lowest BCUT2D eigenvalue weighted by Crippen LogP contribution is -2.25. The normalized spacial score (nSPS) is 13.0. The van der Waals surface area contributed by atoms with Crippen LogP contribution in [0.15, 0.2) is 16.2 Å². The number of ether oxygens (including phenoxy) is 1. The van der Waals surface area contributed by atoms with Crippen molar-refractivity contribution in [3.05, 3.63) is 28.9 Å². The summed E-state index contributed by atoms with van der Waals surface area (Å²) in [7, 11) is -4.61. The summed E-state index contributed by atoms with van der Waals surface area (Å²) in [5.74, 6) is -0.931. The van der Waals surface area contributed by atoms with E-state index in [-0.39, 0.29) is 23.5 Å². The minimum atomic E-state index is -5.78. The lowest BCUT2D eigenvalue weighted by atomic mass is 10.1. The Balaban J connectivity index is 3.15. The highest BCUT2D eigenvalue weighted by molar-refractivity contribution is 7.87. The zero-order valence-corrected chi connectivity index (χ0v) is 14.8. The van der Waals surface area contributed by atoms with Crippen LogP contribution in [0.2, 0.25) is 0 Å². The fraction of sp³-hybridized carbons (Fsp3) is 0.533. The van der Waals surface area contributed by atoms with Crippen LogP contribution in [0.25, 0.3) is 6.08 Å². The quantitative estimate of drug-likeness (QED) is 0.220. The van der Waals surface area contributed by atoms with Crippen LogP contribution < -0.4 is 0 Å². The van der Waals surface area contributed by atoms with Crippen LogP contribution in [0.3, 0.4) is 0 Å². The Bertz CT molecular complexity index is 731. The van der Waals surface area contributed by atoms with Gasteiger partial charge in [-0.25, -0.2) is 4.79 Å². The molecule has 0 aromatic carbocycles. The zero-order valence-electron chi connectivity index (χ0n) is 14.0. The van der Waals surface area contributed by atoms with Gasteiger partial charge in [-0.3, -0.25) is 0 Å². The van der Waals surface area contributed by atoms with E-state index in [9.17, 15) is 26.4 Å². The number of esters is 1. The summed E-state index contributed by atoms with van der Waals surface area (Å²) in [6.45, 7) is 3.35. The van der Waals surface area contributed by atoms with E-state index in [0.29, 0.717) is 12.8 Å². The van der Waals surface area contributed by atoms with Gasteiger partial charge in [0.05, 0.1) is 7.11 Å². The van der Waals surface area contributed by atoms with Crippen molar-refractivity contribution in [2.24, 2.45) is 0 Å². The third kappa shape index (κ3) is 5.80. The van der Waals surface area contributed by atoms with Gasteiger partial charge in [0, 0.05) is 12.5 Å². The predicted molar refractivity (Wildman–Crippen MR) is 83.0 cm³/mol. The maximum Gasteiger partial charge on any atom is 0.534 e. The van der Waals surface area contributed by atoms with Crippen molar-refractivity contribution in [2.45, 2.75) is 45.0 Å². The van der Waals surface area contributed by atoms with Gasteiger partial charge >= 0.3 is 21.6 Å². The first-order chi connectivity index (χ1) is 11.5. The highest BCUT2D eigenvalue weighted by Crippen LogP contribution is 2.29. The van der Waals surface area contributed by atoms with Gasteiger partial charge < -0.3 is 13.3 Å². The summed E-state index contributed by atoms with van der Waals surface area (Å²) < 4.78 is 74.0. The molecule has 0 aliphatic heterocycles. The van der Waals surface area contributed by atoms with Crippen LogP contribution in [-0.2, 0) is 19.0 Å². The van der Waals surface area contributed by atoms with Crippen molar-refractivity contribution in [3.8, 4) is 0 Å². The molecule has 1 aromatic heterocycles. The first-order valence-electron chi connectivity index (χ1n) is 7.42. The highest BCUT2D eigenvalue weighted by Gasteiger charge is 2.48. The third-order valence-corrected chi connectivity index (χ3v) is 4.17. The lowest BCUT2D eigenvalue weighted by Gasteiger charge is -2.12. The Morgan fingerprint density at radius 3 is 2.48 bits per heavy atom. The minimum Gasteiger partial charge on any atom is -0.465 e. The second-order valence-corrected chi connectivity index (χ2v) is 6.70. The van der Waals surface area contributed by atoms with Gasteiger partial charge in [-0.1, -0.05) is 19.8 Å². The molecule has 0 aliphatic carbocycles. The van der Waals surface area contributed by atoms with Gasteiger partial charge in [-0.2, -0.15) is 21.6 Å². The topological polar surface area (TPSA) is 82.8 Å². The van der Waals surface area contributed by atoms with Crippen LogP contribution in [0.4, 0.5) is 13.2 Å². The van der Waals surface area contributed by atoms with Crippen molar-refractivity contribution >= 4 is 22.2 Å². The number of halogens is 3. The smallest absolute Gasteiger partial charge is 0.465 e. The number of methoxy groups -OCH3 is 1. The number of unbranched alkanes of at least 4 members (excludes halogenated alkanes) is 2. The molecule has 142 valence electrons. The van der Waals surface area contributed by atoms with Gasteiger partial charge in [0.1, 0.15) is 22.8 Å². The Kier molecular flexibility index (Phi) is 7.09. The molecule has 0 saturated heterocycles. The Hall–Kier alpha value is -1.97. The molecule has 0 atom stereocenters. The second-order valence-electron chi connectivity index (χ2n) is 5.16. The van der Waals surface area contributed by atoms with Crippen LogP contribution in [-0.4, -0.2) is 27.0 Å². The van der Waals surface area contributed by atoms with Crippen molar-refractivity contribution in [1.82, 2.24) is 0 Å². The molecule has 10 heteroatoms. The molecule has 1 aromatic rings. The molecule has 0 bridgehead atoms. The fourth-order valence-electron chi connectivity index (χ4n) is 1.92. The van der Waals surface area contributed by atoms with E-state index in [2.05, 4.69) is 8.92 Å². The average Bonchev–Trinajstić information content (AvgIpc) is 2.85. The number of rotatable bonds is 8. The van der Waals surface area contributed by atoms with Crippen LogP contribution in [0, 0.1) is 6.92 Å². The van der Waals surface area contributed by atoms with E-state index >= 15 is 0 Å². The van der Waals surface area contributed by atoms with Crippen LogP contribution in [0.5, 0.6) is 0 Å². The standard InChI is InChI=1S/C15H19F3O6S/c1-4-5-6-7-11(24-25(20,21)15(16,17)18)8-12-9-13(10(2)23-12)14(19)22-3/h8-9H,4-7H2,1-3H3/b11-8-. The Morgan fingerprint density at radius 2 is 1.96 bits per heavy atom. The SMILES string of the molecule is CCCCC/C(=C/c1cc(C(=O)OC)c(C)o1)OS(=O)(=O)C(F)(F)F. The van der Waals surface area contributed by atoms with E-state index in [4.69, 9.17) is 4.42 Å². The van der Waals surface area contributed by atoms with E-state index in [1.807, 2.05) is 6.92 Å². The molecule has 0 N–H and O–H groups in total. The zero-order chi connectivity index (χ0) is 19.3. The first-order valence-corrected chi connectivity index (χ1v) is 8.82. The fourth-order valence-corrected chi connectivity index (χ4v) is 2.43. The number of hydrogen-bond donors (Lipinski definition) is 0. The lowest BCUT2D eigenvalue weighted by molar-refractivity contribution is -0.0523. The summed E-state index contributed by atoms with van der Waals surface area (Å²) in [4.78, 5) is 11.5. The number of allylic oxidation sites excluding steroid dienone is 1. The summed E-state index contributed by atoms with van der Waals surface area (Å²) in [5.41, 5.74) is -5.45. The molecule has 0 amide bonds. The molecule has 0 radical (unpaired) electrons. The second kappa shape index (κ2) is 8.41. The molecule has 0 saturated carbocycles. The van der Waals surface area contributed by atoms with Gasteiger partial charge in [0.15, 0.2) is 0 Å². The van der Waals surface area contributed by atoms with Gasteiger partial charge in [0.2, 0.25) is 0 Å². The maximum atomic E-state index is 12.5. The van der Waals surface area contributed by atoms with Gasteiger partial charge in [-0.05, 0) is 19.4 Å². The number of carbonyl (C=O) groups is 1. The molecular weight excluding hydrogens is 365 g/mol. The van der Waals surface area contributed by atoms with Crippen LogP contribution in [0.1, 0.15) is 54.5 Å². The molecule has 1 heterocycles. The van der Waals surface area contributed by atoms with Crippen LogP contribution >= 0.6 is 0 Å². The van der Waals surface area contributed by atoms with Crippen molar-refractivity contribution in [3.63, 3.8) is 0 Å². The number of furan rings is 1. The molecule has 0 unspecified atom stereocenters. The number of carbonyl (C=O) groups excluding carboxylic acids is 1. The first kappa shape index (κ1) is 21.1. The molecule has 0 spiro atoms. The highest BCUT2D eigenvalue weighted by atomic mass is 32.2. The average molecular weight is 384 g/mol. The van der Waals surface area contributed by atoms with E-state index < -0.39 is 27.4 Å². The number of alkyl halides is 3. The molecular formula is C15H19F3O6S. The monoisotopic (exact) mass is 384 g/mol. The van der Waals surface area contributed by atoms with Gasteiger partial charge in [0.25, 0.3) is 0 Å². The number of hydrogen-bond acceptors (Lipinski definition) is 6. The minimum absolute atomic E-state index is 0.0122. The maximum absolute atomic E-state index is 12.5. The van der Waals surface area contributed by atoms with E-state index in [1.165, 1.54) is 20.1 Å².